The first-order valence-electron chi connectivity index (χ1n) is 7.21. The molecule has 0 amide bonds. The molecule has 1 aliphatic rings. The molecule has 102 valence electrons. The van der Waals surface area contributed by atoms with E-state index in [1.54, 1.807) is 12.1 Å². The molecule has 0 spiro atoms. The zero-order valence-electron chi connectivity index (χ0n) is 11.3. The number of rotatable bonds is 3. The summed E-state index contributed by atoms with van der Waals surface area (Å²) in [5, 5.41) is 12.4. The molecular formula is C16H21FN2. The summed E-state index contributed by atoms with van der Waals surface area (Å²) >= 11 is 0. The minimum Gasteiger partial charge on any atom is -0.310 e. The third kappa shape index (κ3) is 4.33. The Morgan fingerprint density at radius 2 is 1.84 bits per heavy atom. The molecule has 0 radical (unpaired) electrons. The van der Waals surface area contributed by atoms with Crippen LogP contribution in [0.3, 0.4) is 0 Å². The second-order valence-electron chi connectivity index (χ2n) is 5.35. The quantitative estimate of drug-likeness (QED) is 0.894. The number of hydrogen-bond acceptors (Lipinski definition) is 2. The third-order valence-electron chi connectivity index (χ3n) is 3.85. The fourth-order valence-electron chi connectivity index (χ4n) is 2.69. The van der Waals surface area contributed by atoms with Gasteiger partial charge in [0.1, 0.15) is 11.9 Å². The van der Waals surface area contributed by atoms with Crippen molar-refractivity contribution in [1.82, 2.24) is 5.32 Å². The van der Waals surface area contributed by atoms with E-state index in [4.69, 9.17) is 5.26 Å². The average Bonchev–Trinajstić information content (AvgIpc) is 2.39. The summed E-state index contributed by atoms with van der Waals surface area (Å²) in [6.45, 7) is 0.722. The van der Waals surface area contributed by atoms with Gasteiger partial charge in [-0.25, -0.2) is 4.39 Å². The Labute approximate surface area is 114 Å². The third-order valence-corrected chi connectivity index (χ3v) is 3.85. The van der Waals surface area contributed by atoms with Crippen LogP contribution in [0.2, 0.25) is 0 Å². The van der Waals surface area contributed by atoms with Crippen molar-refractivity contribution in [1.29, 1.82) is 5.26 Å². The zero-order chi connectivity index (χ0) is 13.5. The molecule has 3 heteroatoms. The molecule has 1 aromatic carbocycles. The summed E-state index contributed by atoms with van der Waals surface area (Å²) in [7, 11) is 0. The van der Waals surface area contributed by atoms with Crippen LogP contribution in [0.15, 0.2) is 18.2 Å². The molecule has 1 aliphatic carbocycles. The minimum atomic E-state index is -0.433. The molecule has 1 N–H and O–H groups in total. The van der Waals surface area contributed by atoms with E-state index in [-0.39, 0.29) is 5.56 Å². The monoisotopic (exact) mass is 260 g/mol. The topological polar surface area (TPSA) is 35.8 Å². The summed E-state index contributed by atoms with van der Waals surface area (Å²) in [6.07, 6.45) is 9.10. The fraction of sp³-hybridized carbons (Fsp3) is 0.562. The Kier molecular flexibility index (Phi) is 5.35. The van der Waals surface area contributed by atoms with Gasteiger partial charge in [-0.15, -0.1) is 0 Å². The van der Waals surface area contributed by atoms with Crippen molar-refractivity contribution in [3.63, 3.8) is 0 Å². The summed E-state index contributed by atoms with van der Waals surface area (Å²) in [5.41, 5.74) is 1.12. The van der Waals surface area contributed by atoms with Gasteiger partial charge in [0.25, 0.3) is 0 Å². The predicted molar refractivity (Wildman–Crippen MR) is 74.1 cm³/mol. The number of nitrogens with one attached hydrogen (secondary N) is 1. The fourth-order valence-corrected chi connectivity index (χ4v) is 2.69. The normalized spacial score (nSPS) is 17.5. The van der Waals surface area contributed by atoms with Gasteiger partial charge < -0.3 is 5.32 Å². The molecule has 0 bridgehead atoms. The highest BCUT2D eigenvalue weighted by atomic mass is 19.1. The first-order chi connectivity index (χ1) is 9.29. The molecule has 1 saturated carbocycles. The van der Waals surface area contributed by atoms with E-state index in [9.17, 15) is 4.39 Å². The van der Waals surface area contributed by atoms with Gasteiger partial charge in [-0.3, -0.25) is 0 Å². The van der Waals surface area contributed by atoms with E-state index in [1.807, 2.05) is 6.07 Å². The lowest BCUT2D eigenvalue weighted by molar-refractivity contribution is 0.389. The van der Waals surface area contributed by atoms with Gasteiger partial charge in [-0.2, -0.15) is 5.26 Å². The van der Waals surface area contributed by atoms with Crippen molar-refractivity contribution < 1.29 is 4.39 Å². The second kappa shape index (κ2) is 7.25. The van der Waals surface area contributed by atoms with Crippen LogP contribution in [-0.4, -0.2) is 6.04 Å². The minimum absolute atomic E-state index is 0.136. The Balaban J connectivity index is 1.88. The lowest BCUT2D eigenvalue weighted by atomic mass is 9.96. The molecule has 0 aliphatic heterocycles. The molecule has 0 heterocycles. The van der Waals surface area contributed by atoms with E-state index in [0.29, 0.717) is 6.04 Å². The Bertz CT molecular complexity index is 443. The van der Waals surface area contributed by atoms with Crippen LogP contribution in [0, 0.1) is 17.1 Å². The highest BCUT2D eigenvalue weighted by molar-refractivity contribution is 5.34. The summed E-state index contributed by atoms with van der Waals surface area (Å²) in [4.78, 5) is 0. The van der Waals surface area contributed by atoms with Crippen LogP contribution in [0.25, 0.3) is 0 Å². The van der Waals surface area contributed by atoms with Crippen molar-refractivity contribution in [2.45, 2.75) is 57.5 Å². The van der Waals surface area contributed by atoms with E-state index < -0.39 is 5.82 Å². The summed E-state index contributed by atoms with van der Waals surface area (Å²) in [6, 6.07) is 7.24. The number of nitrogens with zero attached hydrogens (tertiary/aromatic N) is 1. The molecule has 19 heavy (non-hydrogen) atoms. The van der Waals surface area contributed by atoms with Crippen molar-refractivity contribution in [3.8, 4) is 6.07 Å². The van der Waals surface area contributed by atoms with Crippen LogP contribution < -0.4 is 5.32 Å². The van der Waals surface area contributed by atoms with Gasteiger partial charge >= 0.3 is 0 Å². The van der Waals surface area contributed by atoms with Gasteiger partial charge in [0, 0.05) is 12.6 Å². The molecule has 0 atom stereocenters. The molecule has 2 nitrogen and oxygen atoms in total. The molecule has 0 unspecified atom stereocenters. The maximum atomic E-state index is 13.2. The van der Waals surface area contributed by atoms with E-state index in [1.165, 1.54) is 51.0 Å². The van der Waals surface area contributed by atoms with Crippen LogP contribution in [0.4, 0.5) is 4.39 Å². The first kappa shape index (κ1) is 14.0. The van der Waals surface area contributed by atoms with Crippen molar-refractivity contribution in [2.75, 3.05) is 0 Å². The van der Waals surface area contributed by atoms with Crippen LogP contribution in [0.1, 0.15) is 56.1 Å². The molecule has 2 rings (SSSR count). The van der Waals surface area contributed by atoms with Gasteiger partial charge in [-0.05, 0) is 30.5 Å². The summed E-state index contributed by atoms with van der Waals surface area (Å²) in [5.74, 6) is -0.433. The molecule has 1 fully saturated rings. The molecular weight excluding hydrogens is 239 g/mol. The highest BCUT2D eigenvalue weighted by Crippen LogP contribution is 2.18. The molecule has 0 aromatic heterocycles. The van der Waals surface area contributed by atoms with Gasteiger partial charge in [0.05, 0.1) is 5.56 Å². The Morgan fingerprint density at radius 1 is 1.16 bits per heavy atom. The van der Waals surface area contributed by atoms with Crippen LogP contribution >= 0.6 is 0 Å². The largest absolute Gasteiger partial charge is 0.310 e. The Morgan fingerprint density at radius 3 is 2.53 bits per heavy atom. The number of halogens is 1. The lowest BCUT2D eigenvalue weighted by Gasteiger charge is -2.21. The predicted octanol–water partition coefficient (Wildman–Crippen LogP) is 3.90. The van der Waals surface area contributed by atoms with Crippen LogP contribution in [-0.2, 0) is 6.54 Å². The zero-order valence-corrected chi connectivity index (χ0v) is 11.3. The molecule has 1 aromatic rings. The second-order valence-corrected chi connectivity index (χ2v) is 5.35. The number of benzene rings is 1. The number of hydrogen-bond donors (Lipinski definition) is 1. The first-order valence-corrected chi connectivity index (χ1v) is 7.21. The number of nitriles is 1. The van der Waals surface area contributed by atoms with Gasteiger partial charge in [-0.1, -0.05) is 38.2 Å². The van der Waals surface area contributed by atoms with E-state index in [2.05, 4.69) is 5.32 Å². The van der Waals surface area contributed by atoms with Crippen molar-refractivity contribution >= 4 is 0 Å². The van der Waals surface area contributed by atoms with Gasteiger partial charge in [0.2, 0.25) is 0 Å². The standard InChI is InChI=1S/C16H21FN2/c17-16-9-8-13(10-14(16)11-18)12-19-15-6-4-2-1-3-5-7-15/h8-10,15,19H,1-7,12H2. The van der Waals surface area contributed by atoms with Crippen molar-refractivity contribution in [3.05, 3.63) is 35.1 Å². The van der Waals surface area contributed by atoms with E-state index in [0.717, 1.165) is 12.1 Å². The van der Waals surface area contributed by atoms with Gasteiger partial charge in [0.15, 0.2) is 0 Å². The SMILES string of the molecule is N#Cc1cc(CNC2CCCCCCC2)ccc1F. The average molecular weight is 260 g/mol. The maximum absolute atomic E-state index is 13.2. The molecule has 0 saturated heterocycles. The highest BCUT2D eigenvalue weighted by Gasteiger charge is 2.11. The summed E-state index contributed by atoms with van der Waals surface area (Å²) < 4.78 is 13.2. The Hall–Kier alpha value is -1.40. The van der Waals surface area contributed by atoms with Crippen LogP contribution in [0.5, 0.6) is 0 Å². The lowest BCUT2D eigenvalue weighted by Crippen LogP contribution is -2.29. The van der Waals surface area contributed by atoms with Crippen molar-refractivity contribution in [2.24, 2.45) is 0 Å². The van der Waals surface area contributed by atoms with E-state index >= 15 is 0 Å². The maximum Gasteiger partial charge on any atom is 0.140 e. The smallest absolute Gasteiger partial charge is 0.140 e.